The van der Waals surface area contributed by atoms with E-state index in [0.29, 0.717) is 16.5 Å². The van der Waals surface area contributed by atoms with E-state index in [0.717, 1.165) is 19.3 Å². The topological polar surface area (TPSA) is 84.5 Å². The number of carbonyl (C=O) groups is 3. The maximum atomic E-state index is 11.9. The molecule has 6 nitrogen and oxygen atoms in total. The fourth-order valence-corrected chi connectivity index (χ4v) is 2.96. The Bertz CT molecular complexity index is 618. The molecule has 2 rings (SSSR count). The molecule has 25 heavy (non-hydrogen) atoms. The molecule has 1 fully saturated rings. The first-order chi connectivity index (χ1) is 12.0. The van der Waals surface area contributed by atoms with Crippen LogP contribution in [0.4, 0.5) is 0 Å². The van der Waals surface area contributed by atoms with E-state index in [9.17, 15) is 14.4 Å². The number of nitrogens with one attached hydrogen (secondary N) is 2. The summed E-state index contributed by atoms with van der Waals surface area (Å²) >= 11 is 5.75. The van der Waals surface area contributed by atoms with E-state index >= 15 is 0 Å². The second-order valence-corrected chi connectivity index (χ2v) is 6.72. The minimum absolute atomic E-state index is 0.143. The predicted octanol–water partition coefficient (Wildman–Crippen LogP) is 2.31. The molecule has 0 aromatic heterocycles. The Kier molecular flexibility index (Phi) is 7.25. The average Bonchev–Trinajstić information content (AvgIpc) is 2.60. The smallest absolute Gasteiger partial charge is 0.325 e. The Morgan fingerprint density at radius 1 is 1.16 bits per heavy atom. The van der Waals surface area contributed by atoms with Crippen LogP contribution in [0.1, 0.15) is 43.0 Å². The van der Waals surface area contributed by atoms with Crippen molar-refractivity contribution in [1.82, 2.24) is 10.6 Å². The van der Waals surface area contributed by atoms with Gasteiger partial charge in [0.2, 0.25) is 0 Å². The average molecular weight is 367 g/mol. The normalized spacial score (nSPS) is 19.8. The van der Waals surface area contributed by atoms with Gasteiger partial charge in [0, 0.05) is 16.6 Å². The van der Waals surface area contributed by atoms with Crippen LogP contribution in [0.15, 0.2) is 24.3 Å². The number of hydrogen-bond donors (Lipinski definition) is 2. The molecule has 1 aromatic rings. The summed E-state index contributed by atoms with van der Waals surface area (Å²) in [6, 6.07) is 6.44. The minimum atomic E-state index is -0.658. The Labute approximate surface area is 152 Å². The number of rotatable bonds is 6. The van der Waals surface area contributed by atoms with E-state index in [2.05, 4.69) is 17.6 Å². The van der Waals surface area contributed by atoms with E-state index < -0.39 is 11.9 Å². The van der Waals surface area contributed by atoms with Crippen molar-refractivity contribution in [2.75, 3.05) is 13.2 Å². The number of esters is 1. The predicted molar refractivity (Wildman–Crippen MR) is 94.3 cm³/mol. The summed E-state index contributed by atoms with van der Waals surface area (Å²) in [6.07, 6.45) is 4.35. The van der Waals surface area contributed by atoms with Gasteiger partial charge < -0.3 is 15.4 Å². The number of benzene rings is 1. The van der Waals surface area contributed by atoms with Gasteiger partial charge in [0.05, 0.1) is 0 Å². The quantitative estimate of drug-likeness (QED) is 0.756. The van der Waals surface area contributed by atoms with Crippen molar-refractivity contribution in [3.63, 3.8) is 0 Å². The zero-order valence-corrected chi connectivity index (χ0v) is 15.0. The molecule has 1 aliphatic rings. The Balaban J connectivity index is 1.67. The van der Waals surface area contributed by atoms with Crippen LogP contribution >= 0.6 is 11.6 Å². The Hall–Kier alpha value is -2.08. The lowest BCUT2D eigenvalue weighted by atomic mass is 9.86. The minimum Gasteiger partial charge on any atom is -0.454 e. The number of halogens is 1. The van der Waals surface area contributed by atoms with Gasteiger partial charge >= 0.3 is 5.97 Å². The van der Waals surface area contributed by atoms with E-state index in [-0.39, 0.29) is 25.1 Å². The summed E-state index contributed by atoms with van der Waals surface area (Å²) in [5.41, 5.74) is 0.390. The fourth-order valence-electron chi connectivity index (χ4n) is 2.83. The molecule has 0 radical (unpaired) electrons. The number of carbonyl (C=O) groups excluding carboxylic acids is 3. The summed E-state index contributed by atoms with van der Waals surface area (Å²) < 4.78 is 4.90. The lowest BCUT2D eigenvalue weighted by Crippen LogP contribution is -2.43. The maximum absolute atomic E-state index is 11.9. The van der Waals surface area contributed by atoms with E-state index in [1.807, 2.05) is 0 Å². The van der Waals surface area contributed by atoms with Crippen LogP contribution in [0.2, 0.25) is 5.02 Å². The van der Waals surface area contributed by atoms with Crippen molar-refractivity contribution in [3.05, 3.63) is 34.9 Å². The first kappa shape index (κ1) is 19.2. The van der Waals surface area contributed by atoms with Crippen LogP contribution in [0.25, 0.3) is 0 Å². The first-order valence-electron chi connectivity index (χ1n) is 8.44. The van der Waals surface area contributed by atoms with Crippen molar-refractivity contribution in [2.24, 2.45) is 5.92 Å². The third-order valence-electron chi connectivity index (χ3n) is 4.32. The van der Waals surface area contributed by atoms with Crippen molar-refractivity contribution in [1.29, 1.82) is 0 Å². The molecule has 2 amide bonds. The molecule has 0 spiro atoms. The number of ether oxygens (including phenoxy) is 1. The van der Waals surface area contributed by atoms with Gasteiger partial charge in [-0.1, -0.05) is 31.4 Å². The molecule has 7 heteroatoms. The van der Waals surface area contributed by atoms with Gasteiger partial charge in [-0.15, -0.1) is 0 Å². The third kappa shape index (κ3) is 6.38. The standard InChI is InChI=1S/C18H23ClN2O4/c1-12-4-2-3-5-15(12)21-16(22)11-25-17(23)10-20-18(24)13-6-8-14(19)9-7-13/h6-9,12,15H,2-5,10-11H2,1H3,(H,20,24)(H,21,22)/t12-,15+/m1/s1. The molecule has 1 aliphatic carbocycles. The fraction of sp³-hybridized carbons (Fsp3) is 0.500. The van der Waals surface area contributed by atoms with Crippen molar-refractivity contribution >= 4 is 29.4 Å². The Morgan fingerprint density at radius 2 is 1.84 bits per heavy atom. The molecule has 0 heterocycles. The van der Waals surface area contributed by atoms with Crippen molar-refractivity contribution in [2.45, 2.75) is 38.6 Å². The van der Waals surface area contributed by atoms with Gasteiger partial charge in [-0.25, -0.2) is 0 Å². The van der Waals surface area contributed by atoms with Gasteiger partial charge in [0.25, 0.3) is 11.8 Å². The van der Waals surface area contributed by atoms with E-state index in [1.165, 1.54) is 6.42 Å². The highest BCUT2D eigenvalue weighted by atomic mass is 35.5. The monoisotopic (exact) mass is 366 g/mol. The molecular formula is C18H23ClN2O4. The molecule has 1 saturated carbocycles. The van der Waals surface area contributed by atoms with Crippen LogP contribution in [-0.4, -0.2) is 37.0 Å². The first-order valence-corrected chi connectivity index (χ1v) is 8.82. The molecule has 136 valence electrons. The van der Waals surface area contributed by atoms with Gasteiger partial charge in [-0.3, -0.25) is 14.4 Å². The number of hydrogen-bond acceptors (Lipinski definition) is 4. The van der Waals surface area contributed by atoms with Crippen LogP contribution in [0.3, 0.4) is 0 Å². The van der Waals surface area contributed by atoms with Crippen LogP contribution in [-0.2, 0) is 14.3 Å². The molecule has 0 aliphatic heterocycles. The van der Waals surface area contributed by atoms with E-state index in [1.54, 1.807) is 24.3 Å². The summed E-state index contributed by atoms with van der Waals surface area (Å²) in [6.45, 7) is 1.48. The van der Waals surface area contributed by atoms with Gasteiger partial charge in [-0.05, 0) is 43.0 Å². The van der Waals surface area contributed by atoms with E-state index in [4.69, 9.17) is 16.3 Å². The molecule has 0 saturated heterocycles. The molecule has 0 unspecified atom stereocenters. The summed E-state index contributed by atoms with van der Waals surface area (Å²) in [7, 11) is 0. The summed E-state index contributed by atoms with van der Waals surface area (Å²) in [5, 5.41) is 5.87. The Morgan fingerprint density at radius 3 is 2.52 bits per heavy atom. The van der Waals surface area contributed by atoms with Crippen LogP contribution < -0.4 is 10.6 Å². The maximum Gasteiger partial charge on any atom is 0.325 e. The molecule has 1 aromatic carbocycles. The highest BCUT2D eigenvalue weighted by molar-refractivity contribution is 6.30. The molecule has 2 atom stereocenters. The SMILES string of the molecule is C[C@@H]1CCCC[C@@H]1NC(=O)COC(=O)CNC(=O)c1ccc(Cl)cc1. The molecule has 2 N–H and O–H groups in total. The lowest BCUT2D eigenvalue weighted by Gasteiger charge is -2.29. The summed E-state index contributed by atoms with van der Waals surface area (Å²) in [5.74, 6) is -0.938. The zero-order valence-electron chi connectivity index (χ0n) is 14.2. The molecule has 0 bridgehead atoms. The van der Waals surface area contributed by atoms with Gasteiger partial charge in [0.15, 0.2) is 6.61 Å². The second kappa shape index (κ2) is 9.42. The van der Waals surface area contributed by atoms with Gasteiger partial charge in [0.1, 0.15) is 6.54 Å². The highest BCUT2D eigenvalue weighted by Gasteiger charge is 2.23. The van der Waals surface area contributed by atoms with Gasteiger partial charge in [-0.2, -0.15) is 0 Å². The molecular weight excluding hydrogens is 344 g/mol. The largest absolute Gasteiger partial charge is 0.454 e. The third-order valence-corrected chi connectivity index (χ3v) is 4.57. The highest BCUT2D eigenvalue weighted by Crippen LogP contribution is 2.23. The van der Waals surface area contributed by atoms with Crippen molar-refractivity contribution < 1.29 is 19.1 Å². The second-order valence-electron chi connectivity index (χ2n) is 6.29. The van der Waals surface area contributed by atoms with Crippen LogP contribution in [0.5, 0.6) is 0 Å². The van der Waals surface area contributed by atoms with Crippen molar-refractivity contribution in [3.8, 4) is 0 Å². The number of amides is 2. The lowest BCUT2D eigenvalue weighted by molar-refractivity contribution is -0.147. The zero-order chi connectivity index (χ0) is 18.2. The van der Waals surface area contributed by atoms with Crippen LogP contribution in [0, 0.1) is 5.92 Å². The summed E-state index contributed by atoms with van der Waals surface area (Å²) in [4.78, 5) is 35.4.